The number of hydrogen-bond acceptors (Lipinski definition) is 5. The second kappa shape index (κ2) is 8.55. The first-order valence-corrected chi connectivity index (χ1v) is 10.5. The number of thiophene rings is 1. The van der Waals surface area contributed by atoms with Crippen molar-refractivity contribution in [1.82, 2.24) is 4.90 Å². The van der Waals surface area contributed by atoms with E-state index in [1.807, 2.05) is 42.5 Å². The molecule has 1 N–H and O–H groups in total. The van der Waals surface area contributed by atoms with Crippen LogP contribution in [0.15, 0.2) is 83.4 Å². The Hall–Kier alpha value is -3.38. The highest BCUT2D eigenvalue weighted by Gasteiger charge is 2.43. The van der Waals surface area contributed by atoms with E-state index >= 15 is 0 Å². The Bertz CT molecular complexity index is 1090. The van der Waals surface area contributed by atoms with E-state index in [9.17, 15) is 14.7 Å². The first-order valence-electron chi connectivity index (χ1n) is 9.60. The van der Waals surface area contributed by atoms with E-state index in [0.29, 0.717) is 23.6 Å². The summed E-state index contributed by atoms with van der Waals surface area (Å²) in [5, 5.41) is 12.5. The lowest BCUT2D eigenvalue weighted by atomic mass is 9.95. The molecule has 2 heterocycles. The van der Waals surface area contributed by atoms with E-state index in [2.05, 4.69) is 0 Å². The average Bonchev–Trinajstić information content (AvgIpc) is 3.40. The van der Waals surface area contributed by atoms with Gasteiger partial charge >= 0.3 is 0 Å². The molecule has 0 radical (unpaired) electrons. The standard InChI is InChI=1S/C24H21NO4S/c1-29-18-10-5-9-17(15-18)21-20(22(26)19-11-6-14-30-19)23(27)24(28)25(21)13-12-16-7-3-2-4-8-16/h2-11,14-15,21,27H,12-13H2,1H3. The molecular weight excluding hydrogens is 398 g/mol. The topological polar surface area (TPSA) is 66.8 Å². The summed E-state index contributed by atoms with van der Waals surface area (Å²) in [4.78, 5) is 28.2. The Balaban J connectivity index is 1.73. The average molecular weight is 420 g/mol. The minimum atomic E-state index is -0.675. The van der Waals surface area contributed by atoms with Gasteiger partial charge in [-0.1, -0.05) is 48.5 Å². The van der Waals surface area contributed by atoms with Crippen molar-refractivity contribution in [3.63, 3.8) is 0 Å². The molecule has 2 aromatic carbocycles. The van der Waals surface area contributed by atoms with Crippen LogP contribution in [0.25, 0.3) is 0 Å². The summed E-state index contributed by atoms with van der Waals surface area (Å²) in [7, 11) is 1.57. The maximum atomic E-state index is 13.2. The highest BCUT2D eigenvalue weighted by Crippen LogP contribution is 2.40. The fourth-order valence-electron chi connectivity index (χ4n) is 3.71. The van der Waals surface area contributed by atoms with Gasteiger partial charge in [-0.05, 0) is 41.1 Å². The number of amides is 1. The van der Waals surface area contributed by atoms with Crippen molar-refractivity contribution in [2.75, 3.05) is 13.7 Å². The lowest BCUT2D eigenvalue weighted by Gasteiger charge is -2.27. The van der Waals surface area contributed by atoms with Gasteiger partial charge in [0.2, 0.25) is 5.78 Å². The number of nitrogens with zero attached hydrogens (tertiary/aromatic N) is 1. The van der Waals surface area contributed by atoms with Gasteiger partial charge in [0.15, 0.2) is 5.76 Å². The molecule has 152 valence electrons. The molecule has 0 saturated carbocycles. The summed E-state index contributed by atoms with van der Waals surface area (Å²) < 4.78 is 5.34. The molecule has 1 atom stereocenters. The van der Waals surface area contributed by atoms with Gasteiger partial charge in [0.05, 0.1) is 23.6 Å². The molecule has 0 saturated heterocycles. The number of aliphatic hydroxyl groups excluding tert-OH is 1. The first kappa shape index (κ1) is 19.9. The number of carbonyl (C=O) groups is 2. The summed E-state index contributed by atoms with van der Waals surface area (Å²) in [6.07, 6.45) is 0.612. The second-order valence-corrected chi connectivity index (χ2v) is 7.93. The predicted octanol–water partition coefficient (Wildman–Crippen LogP) is 4.58. The van der Waals surface area contributed by atoms with Crippen LogP contribution in [0, 0.1) is 0 Å². The number of Topliss-reactive ketones (excluding diaryl/α,β-unsaturated/α-hetero) is 1. The summed E-state index contributed by atoms with van der Waals surface area (Å²) in [6, 6.07) is 19.9. The molecule has 0 bridgehead atoms. The van der Waals surface area contributed by atoms with Gasteiger partial charge < -0.3 is 14.7 Å². The highest BCUT2D eigenvalue weighted by atomic mass is 32.1. The smallest absolute Gasteiger partial charge is 0.290 e. The monoisotopic (exact) mass is 419 g/mol. The van der Waals surface area contributed by atoms with Crippen LogP contribution in [0.2, 0.25) is 0 Å². The van der Waals surface area contributed by atoms with Crippen molar-refractivity contribution < 1.29 is 19.4 Å². The van der Waals surface area contributed by atoms with Gasteiger partial charge in [-0.2, -0.15) is 0 Å². The van der Waals surface area contributed by atoms with E-state index in [4.69, 9.17) is 4.74 Å². The fourth-order valence-corrected chi connectivity index (χ4v) is 4.39. The molecule has 5 nitrogen and oxygen atoms in total. The number of benzene rings is 2. The predicted molar refractivity (Wildman–Crippen MR) is 116 cm³/mol. The molecule has 3 aromatic rings. The zero-order chi connectivity index (χ0) is 21.1. The minimum absolute atomic E-state index is 0.115. The van der Waals surface area contributed by atoms with E-state index in [-0.39, 0.29) is 11.4 Å². The first-order chi connectivity index (χ1) is 14.6. The molecule has 0 spiro atoms. The summed E-state index contributed by atoms with van der Waals surface area (Å²) in [5.74, 6) is -0.712. The van der Waals surface area contributed by atoms with Crippen molar-refractivity contribution >= 4 is 23.0 Å². The maximum absolute atomic E-state index is 13.2. The van der Waals surface area contributed by atoms with Gasteiger partial charge in [-0.15, -0.1) is 11.3 Å². The fraction of sp³-hybridized carbons (Fsp3) is 0.167. The summed E-state index contributed by atoms with van der Waals surface area (Å²) >= 11 is 1.29. The third-order valence-corrected chi connectivity index (χ3v) is 6.06. The Morgan fingerprint density at radius 1 is 1.10 bits per heavy atom. The van der Waals surface area contributed by atoms with Crippen LogP contribution in [0.5, 0.6) is 5.75 Å². The van der Waals surface area contributed by atoms with E-state index in [1.165, 1.54) is 11.3 Å². The van der Waals surface area contributed by atoms with Crippen LogP contribution in [0.1, 0.15) is 26.8 Å². The van der Waals surface area contributed by atoms with Crippen molar-refractivity contribution in [1.29, 1.82) is 0 Å². The van der Waals surface area contributed by atoms with Crippen molar-refractivity contribution in [2.45, 2.75) is 12.5 Å². The number of methoxy groups -OCH3 is 1. The zero-order valence-electron chi connectivity index (χ0n) is 16.4. The minimum Gasteiger partial charge on any atom is -0.503 e. The van der Waals surface area contributed by atoms with Crippen LogP contribution in [-0.4, -0.2) is 35.4 Å². The van der Waals surface area contributed by atoms with E-state index in [1.54, 1.807) is 41.7 Å². The van der Waals surface area contributed by atoms with Crippen LogP contribution in [0.4, 0.5) is 0 Å². The van der Waals surface area contributed by atoms with Crippen molar-refractivity contribution in [3.05, 3.63) is 99.4 Å². The quantitative estimate of drug-likeness (QED) is 0.570. The maximum Gasteiger partial charge on any atom is 0.290 e. The number of ether oxygens (including phenoxy) is 1. The third-order valence-electron chi connectivity index (χ3n) is 5.19. The Labute approximate surface area is 178 Å². The third kappa shape index (κ3) is 3.74. The summed E-state index contributed by atoms with van der Waals surface area (Å²) in [6.45, 7) is 0.371. The van der Waals surface area contributed by atoms with Crippen LogP contribution >= 0.6 is 11.3 Å². The van der Waals surface area contributed by atoms with Gasteiger partial charge in [0.1, 0.15) is 5.75 Å². The molecule has 30 heavy (non-hydrogen) atoms. The van der Waals surface area contributed by atoms with Crippen LogP contribution in [-0.2, 0) is 11.2 Å². The lowest BCUT2D eigenvalue weighted by Crippen LogP contribution is -2.33. The number of rotatable bonds is 7. The molecule has 1 aliphatic heterocycles. The second-order valence-electron chi connectivity index (χ2n) is 6.98. The molecule has 4 rings (SSSR count). The SMILES string of the molecule is COc1cccc(C2C(C(=O)c3cccs3)=C(O)C(=O)N2CCc2ccccc2)c1. The summed E-state index contributed by atoms with van der Waals surface area (Å²) in [5.41, 5.74) is 1.91. The largest absolute Gasteiger partial charge is 0.503 e. The van der Waals surface area contributed by atoms with Gasteiger partial charge in [-0.25, -0.2) is 0 Å². The number of aliphatic hydroxyl groups is 1. The molecule has 1 unspecified atom stereocenters. The molecule has 1 amide bonds. The van der Waals surface area contributed by atoms with E-state index in [0.717, 1.165) is 11.1 Å². The number of ketones is 1. The highest BCUT2D eigenvalue weighted by molar-refractivity contribution is 7.12. The van der Waals surface area contributed by atoms with Crippen LogP contribution in [0.3, 0.4) is 0 Å². The zero-order valence-corrected chi connectivity index (χ0v) is 17.3. The Morgan fingerprint density at radius 3 is 2.60 bits per heavy atom. The number of carbonyl (C=O) groups excluding carboxylic acids is 2. The molecule has 0 aliphatic carbocycles. The van der Waals surface area contributed by atoms with Crippen molar-refractivity contribution in [3.8, 4) is 5.75 Å². The molecule has 1 aliphatic rings. The normalized spacial score (nSPS) is 16.2. The van der Waals surface area contributed by atoms with Gasteiger partial charge in [0.25, 0.3) is 5.91 Å². The van der Waals surface area contributed by atoms with Crippen LogP contribution < -0.4 is 4.74 Å². The number of hydrogen-bond donors (Lipinski definition) is 1. The Kier molecular flexibility index (Phi) is 5.68. The molecule has 1 aromatic heterocycles. The van der Waals surface area contributed by atoms with E-state index < -0.39 is 17.7 Å². The van der Waals surface area contributed by atoms with Gasteiger partial charge in [-0.3, -0.25) is 9.59 Å². The Morgan fingerprint density at radius 2 is 1.90 bits per heavy atom. The lowest BCUT2D eigenvalue weighted by molar-refractivity contribution is -0.129. The van der Waals surface area contributed by atoms with Crippen molar-refractivity contribution in [2.24, 2.45) is 0 Å². The molecule has 6 heteroatoms. The molecule has 0 fully saturated rings. The molecular formula is C24H21NO4S. The van der Waals surface area contributed by atoms with Gasteiger partial charge in [0, 0.05) is 6.54 Å².